The fraction of sp³-hybridized carbons (Fsp3) is 0.538. The second-order valence-corrected chi connectivity index (χ2v) is 6.22. The summed E-state index contributed by atoms with van der Waals surface area (Å²) in [7, 11) is -1.98. The summed E-state index contributed by atoms with van der Waals surface area (Å²) in [5.41, 5.74) is 8.01. The van der Waals surface area contributed by atoms with E-state index < -0.39 is 10.0 Å². The molecule has 0 saturated heterocycles. The third-order valence-corrected chi connectivity index (χ3v) is 4.40. The minimum atomic E-state index is -3.56. The monoisotopic (exact) mass is 302 g/mol. The molecule has 0 aromatic heterocycles. The maximum absolute atomic E-state index is 12.1. The van der Waals surface area contributed by atoms with Crippen LogP contribution in [0.4, 0.5) is 5.69 Å². The highest BCUT2D eigenvalue weighted by atomic mass is 32.2. The maximum atomic E-state index is 12.1. The van der Waals surface area contributed by atoms with E-state index in [-0.39, 0.29) is 11.4 Å². The number of benzene rings is 1. The van der Waals surface area contributed by atoms with Gasteiger partial charge in [-0.15, -0.1) is 0 Å². The number of hydrogen-bond donors (Lipinski definition) is 2. The minimum absolute atomic E-state index is 0.176. The van der Waals surface area contributed by atoms with Crippen molar-refractivity contribution in [2.24, 2.45) is 0 Å². The molecule has 1 aromatic rings. The number of ether oxygens (including phenoxy) is 2. The topological polar surface area (TPSA) is 90.6 Å². The Balaban J connectivity index is 2.61. The number of hydrogen-bond acceptors (Lipinski definition) is 5. The summed E-state index contributed by atoms with van der Waals surface area (Å²) in [6.07, 6.45) is 0. The molecule has 20 heavy (non-hydrogen) atoms. The first-order valence-corrected chi connectivity index (χ1v) is 7.80. The summed E-state index contributed by atoms with van der Waals surface area (Å²) in [6.45, 7) is 5.12. The number of aryl methyl sites for hydroxylation is 1. The molecule has 0 spiro atoms. The summed E-state index contributed by atoms with van der Waals surface area (Å²) in [6, 6.07) is 3.08. The summed E-state index contributed by atoms with van der Waals surface area (Å²) in [5.74, 6) is 0. The molecule has 0 saturated carbocycles. The van der Waals surface area contributed by atoms with Gasteiger partial charge in [0.05, 0.1) is 24.7 Å². The molecule has 0 atom stereocenters. The smallest absolute Gasteiger partial charge is 0.240 e. The highest BCUT2D eigenvalue weighted by Crippen LogP contribution is 2.21. The molecule has 1 rings (SSSR count). The Hall–Kier alpha value is -1.15. The molecule has 0 aliphatic rings. The lowest BCUT2D eigenvalue weighted by atomic mass is 10.1. The van der Waals surface area contributed by atoms with Crippen molar-refractivity contribution in [2.75, 3.05) is 39.2 Å². The van der Waals surface area contributed by atoms with Crippen LogP contribution in [0.1, 0.15) is 11.1 Å². The van der Waals surface area contributed by atoms with Gasteiger partial charge >= 0.3 is 0 Å². The van der Waals surface area contributed by atoms with Crippen molar-refractivity contribution in [1.82, 2.24) is 4.72 Å². The van der Waals surface area contributed by atoms with E-state index in [1.807, 2.05) is 13.8 Å². The van der Waals surface area contributed by atoms with E-state index in [1.165, 1.54) is 6.07 Å². The van der Waals surface area contributed by atoms with Gasteiger partial charge in [0.1, 0.15) is 0 Å². The lowest BCUT2D eigenvalue weighted by Gasteiger charge is -2.11. The van der Waals surface area contributed by atoms with E-state index >= 15 is 0 Å². The highest BCUT2D eigenvalue weighted by molar-refractivity contribution is 7.89. The lowest BCUT2D eigenvalue weighted by molar-refractivity contribution is 0.0736. The summed E-state index contributed by atoms with van der Waals surface area (Å²) < 4.78 is 36.7. The van der Waals surface area contributed by atoms with E-state index in [9.17, 15) is 8.42 Å². The SMILES string of the molecule is COCCOCCNS(=O)(=O)c1cc(C)c(C)c(N)c1. The third kappa shape index (κ3) is 4.75. The third-order valence-electron chi connectivity index (χ3n) is 2.96. The first kappa shape index (κ1) is 16.9. The molecular weight excluding hydrogens is 280 g/mol. The largest absolute Gasteiger partial charge is 0.398 e. The Labute approximate surface area is 120 Å². The molecule has 0 aliphatic carbocycles. The Bertz CT molecular complexity index is 520. The highest BCUT2D eigenvalue weighted by Gasteiger charge is 2.15. The second kappa shape index (κ2) is 7.58. The van der Waals surface area contributed by atoms with Crippen molar-refractivity contribution in [3.8, 4) is 0 Å². The van der Waals surface area contributed by atoms with Crippen molar-refractivity contribution >= 4 is 15.7 Å². The standard InChI is InChI=1S/C13H22N2O4S/c1-10-8-12(9-13(14)11(10)2)20(16,17)15-4-5-19-7-6-18-3/h8-9,15H,4-7,14H2,1-3H3. The predicted molar refractivity (Wildman–Crippen MR) is 78.2 cm³/mol. The predicted octanol–water partition coefficient (Wildman–Crippen LogP) is 0.827. The van der Waals surface area contributed by atoms with Gasteiger partial charge in [0.2, 0.25) is 10.0 Å². The normalized spacial score (nSPS) is 11.8. The zero-order valence-electron chi connectivity index (χ0n) is 12.1. The Morgan fingerprint density at radius 1 is 1.20 bits per heavy atom. The zero-order chi connectivity index (χ0) is 15.2. The molecule has 7 heteroatoms. The molecule has 1 aromatic carbocycles. The van der Waals surface area contributed by atoms with Gasteiger partial charge in [-0.2, -0.15) is 0 Å². The van der Waals surface area contributed by atoms with Crippen molar-refractivity contribution in [3.05, 3.63) is 23.3 Å². The maximum Gasteiger partial charge on any atom is 0.240 e. The number of nitrogens with one attached hydrogen (secondary N) is 1. The summed E-state index contributed by atoms with van der Waals surface area (Å²) >= 11 is 0. The van der Waals surface area contributed by atoms with Crippen molar-refractivity contribution in [1.29, 1.82) is 0 Å². The number of anilines is 1. The lowest BCUT2D eigenvalue weighted by Crippen LogP contribution is -2.28. The van der Waals surface area contributed by atoms with Gasteiger partial charge in [-0.05, 0) is 37.1 Å². The van der Waals surface area contributed by atoms with E-state index in [0.717, 1.165) is 11.1 Å². The van der Waals surface area contributed by atoms with Crippen LogP contribution in [0.2, 0.25) is 0 Å². The number of nitrogen functional groups attached to an aromatic ring is 1. The van der Waals surface area contributed by atoms with E-state index in [2.05, 4.69) is 4.72 Å². The second-order valence-electron chi connectivity index (χ2n) is 4.46. The van der Waals surface area contributed by atoms with Crippen LogP contribution < -0.4 is 10.5 Å². The Kier molecular flexibility index (Phi) is 6.41. The quantitative estimate of drug-likeness (QED) is 0.548. The van der Waals surface area contributed by atoms with Crippen molar-refractivity contribution in [3.63, 3.8) is 0 Å². The molecule has 0 amide bonds. The van der Waals surface area contributed by atoms with Crippen LogP contribution in [0.5, 0.6) is 0 Å². The number of rotatable bonds is 8. The number of sulfonamides is 1. The molecule has 3 N–H and O–H groups in total. The van der Waals surface area contributed by atoms with Crippen LogP contribution in [-0.4, -0.2) is 41.9 Å². The van der Waals surface area contributed by atoms with Crippen LogP contribution >= 0.6 is 0 Å². The fourth-order valence-corrected chi connectivity index (χ4v) is 2.72. The summed E-state index contributed by atoms with van der Waals surface area (Å²) in [5, 5.41) is 0. The van der Waals surface area contributed by atoms with Gasteiger partial charge in [-0.25, -0.2) is 13.1 Å². The molecule has 0 heterocycles. The van der Waals surface area contributed by atoms with Gasteiger partial charge < -0.3 is 15.2 Å². The zero-order valence-corrected chi connectivity index (χ0v) is 12.9. The van der Waals surface area contributed by atoms with E-state index in [0.29, 0.717) is 25.5 Å². The van der Waals surface area contributed by atoms with Gasteiger partial charge in [0.15, 0.2) is 0 Å². The first-order valence-electron chi connectivity index (χ1n) is 6.31. The fourth-order valence-electron chi connectivity index (χ4n) is 1.58. The van der Waals surface area contributed by atoms with Gasteiger partial charge in [0.25, 0.3) is 0 Å². The van der Waals surface area contributed by atoms with Crippen LogP contribution in [0.15, 0.2) is 17.0 Å². The Morgan fingerprint density at radius 2 is 1.90 bits per heavy atom. The van der Waals surface area contributed by atoms with Crippen molar-refractivity contribution in [2.45, 2.75) is 18.7 Å². The van der Waals surface area contributed by atoms with Crippen LogP contribution in [0.25, 0.3) is 0 Å². The number of nitrogens with two attached hydrogens (primary N) is 1. The van der Waals surface area contributed by atoms with Crippen LogP contribution in [-0.2, 0) is 19.5 Å². The van der Waals surface area contributed by atoms with Crippen LogP contribution in [0.3, 0.4) is 0 Å². The molecule has 0 aliphatic heterocycles. The molecule has 0 unspecified atom stereocenters. The van der Waals surface area contributed by atoms with Gasteiger partial charge in [0, 0.05) is 19.3 Å². The average Bonchev–Trinajstić information content (AvgIpc) is 2.39. The number of methoxy groups -OCH3 is 1. The van der Waals surface area contributed by atoms with Gasteiger partial charge in [-0.3, -0.25) is 0 Å². The van der Waals surface area contributed by atoms with Crippen molar-refractivity contribution < 1.29 is 17.9 Å². The molecule has 0 fully saturated rings. The molecular formula is C13H22N2O4S. The summed E-state index contributed by atoms with van der Waals surface area (Å²) in [4.78, 5) is 0.176. The minimum Gasteiger partial charge on any atom is -0.398 e. The molecule has 0 bridgehead atoms. The van der Waals surface area contributed by atoms with Gasteiger partial charge in [-0.1, -0.05) is 0 Å². The first-order chi connectivity index (χ1) is 9.38. The van der Waals surface area contributed by atoms with E-state index in [4.69, 9.17) is 15.2 Å². The molecule has 0 radical (unpaired) electrons. The van der Waals surface area contributed by atoms with E-state index in [1.54, 1.807) is 13.2 Å². The average molecular weight is 302 g/mol. The molecule has 114 valence electrons. The Morgan fingerprint density at radius 3 is 2.50 bits per heavy atom. The van der Waals surface area contributed by atoms with Crippen LogP contribution in [0, 0.1) is 13.8 Å². The molecule has 6 nitrogen and oxygen atoms in total.